The summed E-state index contributed by atoms with van der Waals surface area (Å²) in [6, 6.07) is 9.78. The van der Waals surface area contributed by atoms with Gasteiger partial charge >= 0.3 is 5.97 Å². The van der Waals surface area contributed by atoms with Crippen molar-refractivity contribution in [3.8, 4) is 11.5 Å². The molecule has 2 aromatic heterocycles. The lowest BCUT2D eigenvalue weighted by atomic mass is 10.1. The summed E-state index contributed by atoms with van der Waals surface area (Å²) in [5, 5.41) is 11.1. The van der Waals surface area contributed by atoms with Crippen molar-refractivity contribution in [3.63, 3.8) is 0 Å². The number of nitrogens with zero attached hydrogens (tertiary/aromatic N) is 1. The maximum absolute atomic E-state index is 12.1. The quantitative estimate of drug-likeness (QED) is 0.302. The third-order valence-electron chi connectivity index (χ3n) is 4.19. The van der Waals surface area contributed by atoms with Gasteiger partial charge in [0.25, 0.3) is 11.3 Å². The van der Waals surface area contributed by atoms with Gasteiger partial charge in [-0.25, -0.2) is 13.3 Å². The van der Waals surface area contributed by atoms with Crippen LogP contribution in [0, 0.1) is 11.5 Å². The van der Waals surface area contributed by atoms with Gasteiger partial charge in [-0.3, -0.25) is 4.55 Å². The summed E-state index contributed by atoms with van der Waals surface area (Å²) in [5.41, 5.74) is 4.92. The molecule has 0 saturated carbocycles. The highest BCUT2D eigenvalue weighted by molar-refractivity contribution is 7.81. The number of aliphatic carboxylic acids is 1. The van der Waals surface area contributed by atoms with Crippen molar-refractivity contribution in [1.29, 1.82) is 0 Å². The normalized spacial score (nSPS) is 13.5. The minimum Gasteiger partial charge on any atom is -0.480 e. The largest absolute Gasteiger partial charge is 0.480 e. The number of H-pyrrole nitrogens is 1. The molecule has 0 aliphatic heterocycles. The standard InChI is InChI=1S/C20H22N2O4S2Si/c1-29(2,3)11-10-15-8-9-19(27-15)22(28(25)26)18(20(23)24)12-14-13-21-17-7-5-4-6-16(14)17/h4-9,13,18,21H,12H2,1-3H3,(H,23,24)(H,25,26). The average molecular weight is 447 g/mol. The molecule has 2 unspecified atom stereocenters. The highest BCUT2D eigenvalue weighted by atomic mass is 32.2. The van der Waals surface area contributed by atoms with Gasteiger partial charge in [0.1, 0.15) is 19.1 Å². The summed E-state index contributed by atoms with van der Waals surface area (Å²) in [4.78, 5) is 15.9. The number of carbonyl (C=O) groups is 1. The van der Waals surface area contributed by atoms with Crippen molar-refractivity contribution < 1.29 is 18.7 Å². The molecule has 9 heteroatoms. The number of fused-ring (bicyclic) bond motifs is 1. The number of thiophene rings is 1. The molecule has 3 aromatic rings. The van der Waals surface area contributed by atoms with Crippen LogP contribution in [0.5, 0.6) is 0 Å². The molecule has 1 aromatic carbocycles. The van der Waals surface area contributed by atoms with Crippen molar-refractivity contribution >= 4 is 52.6 Å². The molecule has 0 aliphatic carbocycles. The number of aromatic amines is 1. The highest BCUT2D eigenvalue weighted by Gasteiger charge is 2.32. The van der Waals surface area contributed by atoms with E-state index in [0.29, 0.717) is 5.00 Å². The molecule has 2 atom stereocenters. The Kier molecular flexibility index (Phi) is 6.29. The van der Waals surface area contributed by atoms with Gasteiger partial charge in [-0.05, 0) is 23.8 Å². The number of aromatic nitrogens is 1. The molecule has 29 heavy (non-hydrogen) atoms. The maximum Gasteiger partial charge on any atom is 0.327 e. The van der Waals surface area contributed by atoms with Crippen LogP contribution in [0.3, 0.4) is 0 Å². The Labute approximate surface area is 177 Å². The highest BCUT2D eigenvalue weighted by Crippen LogP contribution is 2.30. The number of rotatable bonds is 6. The van der Waals surface area contributed by atoms with Crippen molar-refractivity contribution in [2.45, 2.75) is 32.1 Å². The van der Waals surface area contributed by atoms with Crippen LogP contribution in [-0.4, -0.2) is 38.9 Å². The smallest absolute Gasteiger partial charge is 0.327 e. The zero-order chi connectivity index (χ0) is 21.2. The average Bonchev–Trinajstić information content (AvgIpc) is 3.26. The first-order valence-corrected chi connectivity index (χ1v) is 14.3. The van der Waals surface area contributed by atoms with Gasteiger partial charge in [0, 0.05) is 23.5 Å². The first-order chi connectivity index (χ1) is 13.7. The Morgan fingerprint density at radius 2 is 2.00 bits per heavy atom. The predicted molar refractivity (Wildman–Crippen MR) is 121 cm³/mol. The molecule has 0 bridgehead atoms. The van der Waals surface area contributed by atoms with E-state index in [1.165, 1.54) is 11.3 Å². The zero-order valence-electron chi connectivity index (χ0n) is 16.3. The van der Waals surface area contributed by atoms with Crippen LogP contribution >= 0.6 is 11.3 Å². The van der Waals surface area contributed by atoms with Crippen LogP contribution in [0.15, 0.2) is 42.6 Å². The minimum atomic E-state index is -2.49. The summed E-state index contributed by atoms with van der Waals surface area (Å²) in [6.07, 6.45) is 1.83. The van der Waals surface area contributed by atoms with Crippen LogP contribution in [-0.2, 0) is 22.5 Å². The minimum absolute atomic E-state index is 0.0828. The Hall–Kier alpha value is -2.38. The van der Waals surface area contributed by atoms with E-state index in [9.17, 15) is 18.7 Å². The van der Waals surface area contributed by atoms with Gasteiger partial charge in [-0.2, -0.15) is 0 Å². The molecule has 0 saturated heterocycles. The van der Waals surface area contributed by atoms with Crippen LogP contribution in [0.25, 0.3) is 10.9 Å². The SMILES string of the molecule is C[Si](C)(C)C#Cc1ccc(N(C(Cc2c[nH]c3ccccc23)C(=O)O)S(=O)O)s1. The Bertz CT molecular complexity index is 1120. The van der Waals surface area contributed by atoms with E-state index in [-0.39, 0.29) is 6.42 Å². The molecule has 0 amide bonds. The van der Waals surface area contributed by atoms with Crippen LogP contribution in [0.2, 0.25) is 19.6 Å². The van der Waals surface area contributed by atoms with Gasteiger partial charge in [0.15, 0.2) is 0 Å². The molecule has 3 N–H and O–H groups in total. The number of hydrogen-bond acceptors (Lipinski definition) is 3. The molecular weight excluding hydrogens is 424 g/mol. The van der Waals surface area contributed by atoms with Crippen molar-refractivity contribution in [3.05, 3.63) is 53.0 Å². The molecule has 2 heterocycles. The number of anilines is 1. The second-order valence-electron chi connectivity index (χ2n) is 7.61. The number of carboxylic acids is 1. The van der Waals surface area contributed by atoms with Gasteiger partial charge in [0.05, 0.1) is 4.88 Å². The van der Waals surface area contributed by atoms with E-state index in [2.05, 4.69) is 36.1 Å². The van der Waals surface area contributed by atoms with Crippen LogP contribution < -0.4 is 4.31 Å². The van der Waals surface area contributed by atoms with E-state index in [1.807, 2.05) is 24.3 Å². The number of nitrogens with one attached hydrogen (secondary N) is 1. The molecule has 152 valence electrons. The van der Waals surface area contributed by atoms with Gasteiger partial charge in [0.2, 0.25) is 0 Å². The van der Waals surface area contributed by atoms with E-state index < -0.39 is 31.4 Å². The third-order valence-corrected chi connectivity index (χ3v) is 6.97. The van der Waals surface area contributed by atoms with Crippen molar-refractivity contribution in [2.24, 2.45) is 0 Å². The number of para-hydroxylation sites is 1. The van der Waals surface area contributed by atoms with E-state index in [4.69, 9.17) is 0 Å². The third kappa shape index (κ3) is 5.16. The molecule has 0 aliphatic rings. The number of carboxylic acid groups (broad SMARTS) is 1. The fraction of sp³-hybridized carbons (Fsp3) is 0.250. The van der Waals surface area contributed by atoms with Gasteiger partial charge in [-0.1, -0.05) is 43.8 Å². The fourth-order valence-electron chi connectivity index (χ4n) is 2.88. The van der Waals surface area contributed by atoms with Crippen molar-refractivity contribution in [2.75, 3.05) is 4.31 Å². The summed E-state index contributed by atoms with van der Waals surface area (Å²) in [7, 11) is -1.56. The first kappa shape index (κ1) is 21.3. The predicted octanol–water partition coefficient (Wildman–Crippen LogP) is 4.10. The van der Waals surface area contributed by atoms with E-state index >= 15 is 0 Å². The lowest BCUT2D eigenvalue weighted by Crippen LogP contribution is -2.43. The Morgan fingerprint density at radius 1 is 1.28 bits per heavy atom. The maximum atomic E-state index is 12.1. The molecule has 0 spiro atoms. The molecule has 0 fully saturated rings. The topological polar surface area (TPSA) is 93.6 Å². The summed E-state index contributed by atoms with van der Waals surface area (Å²) < 4.78 is 23.0. The molecule has 3 rings (SSSR count). The summed E-state index contributed by atoms with van der Waals surface area (Å²) in [6.45, 7) is 6.39. The summed E-state index contributed by atoms with van der Waals surface area (Å²) in [5.74, 6) is 1.94. The van der Waals surface area contributed by atoms with E-state index in [1.54, 1.807) is 18.3 Å². The lowest BCUT2D eigenvalue weighted by Gasteiger charge is -2.25. The second-order valence-corrected chi connectivity index (χ2v) is 14.3. The van der Waals surface area contributed by atoms with E-state index in [0.717, 1.165) is 25.6 Å². The first-order valence-electron chi connectivity index (χ1n) is 8.97. The van der Waals surface area contributed by atoms with Gasteiger partial charge < -0.3 is 10.1 Å². The van der Waals surface area contributed by atoms with Crippen LogP contribution in [0.4, 0.5) is 5.00 Å². The molecule has 6 nitrogen and oxygen atoms in total. The number of benzene rings is 1. The zero-order valence-corrected chi connectivity index (χ0v) is 18.9. The fourth-order valence-corrected chi connectivity index (χ4v) is 5.20. The van der Waals surface area contributed by atoms with Crippen LogP contribution in [0.1, 0.15) is 10.4 Å². The Balaban J connectivity index is 1.95. The molecular formula is C20H22N2O4S2Si. The second kappa shape index (κ2) is 8.55. The van der Waals surface area contributed by atoms with Gasteiger partial charge in [-0.15, -0.1) is 16.9 Å². The molecule has 0 radical (unpaired) electrons. The summed E-state index contributed by atoms with van der Waals surface area (Å²) >= 11 is -1.27. The Morgan fingerprint density at radius 3 is 2.66 bits per heavy atom. The monoisotopic (exact) mass is 446 g/mol. The van der Waals surface area contributed by atoms with Crippen molar-refractivity contribution in [1.82, 2.24) is 4.98 Å². The number of hydrogen-bond donors (Lipinski definition) is 3. The lowest BCUT2D eigenvalue weighted by molar-refractivity contribution is -0.138.